The van der Waals surface area contributed by atoms with E-state index in [9.17, 15) is 112 Å². The first-order valence-corrected chi connectivity index (χ1v) is 39.2. The number of aromatic hydroxyl groups is 1. The maximum absolute atomic E-state index is 13.7. The van der Waals surface area contributed by atoms with Crippen molar-refractivity contribution in [3.63, 3.8) is 0 Å². The normalized spacial score (nSPS) is 28.5. The van der Waals surface area contributed by atoms with Crippen molar-refractivity contribution in [1.82, 2.24) is 90.0 Å². The van der Waals surface area contributed by atoms with Gasteiger partial charge in [0.2, 0.25) is 64.9 Å². The summed E-state index contributed by atoms with van der Waals surface area (Å²) < 4.78 is 0. The Kier molecular flexibility index (Phi) is 36.3. The molecular weight excluding hydrogens is 1650 g/mol. The van der Waals surface area contributed by atoms with E-state index in [4.69, 9.17) is 63.1 Å². The van der Waals surface area contributed by atoms with Gasteiger partial charge < -0.3 is 179 Å². The van der Waals surface area contributed by atoms with E-state index in [1.807, 2.05) is 5.32 Å². The van der Waals surface area contributed by atoms with E-state index in [-0.39, 0.29) is 74.8 Å². The van der Waals surface area contributed by atoms with Crippen LogP contribution in [0.3, 0.4) is 0 Å². The van der Waals surface area contributed by atoms with E-state index in [1.165, 1.54) is 51.0 Å². The molecule has 17 atom stereocenters. The molecule has 0 aromatic heterocycles. The molecule has 44 N–H and O–H groups in total. The molecule has 4 aliphatic heterocycles. The number of phenols is 1. The maximum Gasteiger partial charge on any atom is 0.316 e. The Labute approximate surface area is 712 Å². The van der Waals surface area contributed by atoms with Gasteiger partial charge in [0, 0.05) is 94.0 Å². The van der Waals surface area contributed by atoms with Crippen molar-refractivity contribution >= 4 is 118 Å². The zero-order valence-electron chi connectivity index (χ0n) is 68.6. The molecule has 53 heteroatoms. The van der Waals surface area contributed by atoms with Crippen LogP contribution in [-0.2, 0) is 77.5 Å². The van der Waals surface area contributed by atoms with Crippen LogP contribution in [0.5, 0.6) is 5.75 Å². The molecule has 17 amide bonds. The number of phenolic OH excluding ortho intramolecular Hbond substituents is 1. The van der Waals surface area contributed by atoms with Gasteiger partial charge in [-0.1, -0.05) is 12.1 Å². The van der Waals surface area contributed by atoms with Crippen LogP contribution in [0, 0.1) is 11.8 Å². The first-order chi connectivity index (χ1) is 58.7. The van der Waals surface area contributed by atoms with Gasteiger partial charge in [-0.2, -0.15) is 0 Å². The average molecular weight is 1770 g/mol. The number of urea groups is 2. The monoisotopic (exact) mass is 1760 g/mol. The molecule has 53 nitrogen and oxygen atoms in total. The number of hydrogen-bond donors (Lipinski definition) is 33. The number of aliphatic hydroxyl groups excluding tert-OH is 3. The number of rotatable bonds is 21. The minimum atomic E-state index is -2.75. The number of benzene rings is 1. The molecule has 0 unspecified atom stereocenters. The van der Waals surface area contributed by atoms with Gasteiger partial charge in [0.25, 0.3) is 17.7 Å². The van der Waals surface area contributed by atoms with E-state index in [0.717, 1.165) is 12.4 Å². The van der Waals surface area contributed by atoms with Crippen LogP contribution in [0.2, 0.25) is 0 Å². The van der Waals surface area contributed by atoms with Crippen LogP contribution < -0.4 is 148 Å². The molecule has 2 saturated heterocycles. The lowest BCUT2D eigenvalue weighted by atomic mass is 9.54. The summed E-state index contributed by atoms with van der Waals surface area (Å²) >= 11 is 0. The van der Waals surface area contributed by atoms with Gasteiger partial charge in [0.15, 0.2) is 23.3 Å². The van der Waals surface area contributed by atoms with Crippen LogP contribution in [0.15, 0.2) is 68.9 Å². The van der Waals surface area contributed by atoms with E-state index in [1.54, 1.807) is 0 Å². The highest BCUT2D eigenvalue weighted by atomic mass is 16.4. The number of ketones is 2. The number of amides is 17. The second-order valence-electron chi connectivity index (χ2n) is 30.3. The fourth-order valence-electron chi connectivity index (χ4n) is 14.1. The predicted octanol–water partition coefficient (Wildman–Crippen LogP) is -15.8. The number of hydrogen-bond acceptors (Lipinski definition) is 36. The number of aliphatic imine (C=N–C) groups is 2. The molecule has 1 aromatic carbocycles. The fraction of sp³-hybridized carbons (Fsp3) is 0.542. The lowest BCUT2D eigenvalue weighted by molar-refractivity contribution is -0.159. The lowest BCUT2D eigenvalue weighted by Crippen LogP contribution is -2.67. The third-order valence-electron chi connectivity index (χ3n) is 20.8. The SMILES string of the molecule is CN(C)[C@@H]1C(=O)C(C(N)=O)=C(O)[C@@]2(O)C(=O)C3=C(O)c4c(O)cccc4[C@@](C)(O)[C@H]3C[C@@H]12.C[C@@H]1NC(=O)[C@@H](N)CNC(=O)[C@H]([C@H]2CCN=C(N)N2)NC(=O)/C(=C\NC(N)=O)NC(=O)[C@H](CNC(=O)C[C@@H](N)CCCN)NC1=O.NCCC[C@H](N)CC(=O)NC[C@@H]1NC(=O)[C@H](CO)NC(=O)[C@@H](N)CNC(=O)[C@H]([C@H]2CCN=C(N)N2)NC(=O)/C(=C\NC(N)=O)NC1=O. The number of nitrogens with one attached hydrogen (secondary N) is 16. The van der Waals surface area contributed by atoms with Crippen LogP contribution >= 0.6 is 0 Å². The van der Waals surface area contributed by atoms with Gasteiger partial charge in [-0.05, 0) is 97.6 Å². The zero-order valence-corrected chi connectivity index (χ0v) is 68.6. The first kappa shape index (κ1) is 101. The van der Waals surface area contributed by atoms with Crippen molar-refractivity contribution in [3.05, 3.63) is 70.0 Å². The Morgan fingerprint density at radius 3 is 1.49 bits per heavy atom. The number of carbonyl (C=O) groups is 17. The topological polar surface area (TPSA) is 918 Å². The van der Waals surface area contributed by atoms with Crippen molar-refractivity contribution in [2.45, 2.75) is 161 Å². The number of aliphatic hydroxyl groups is 5. The van der Waals surface area contributed by atoms with Gasteiger partial charge in [0.05, 0.1) is 35.9 Å². The second-order valence-corrected chi connectivity index (χ2v) is 30.3. The average Bonchev–Trinajstić information content (AvgIpc) is 0.688. The quantitative estimate of drug-likeness (QED) is 0.0401. The smallest absolute Gasteiger partial charge is 0.316 e. The molecule has 125 heavy (non-hydrogen) atoms. The van der Waals surface area contributed by atoms with E-state index < -0.39 is 268 Å². The minimum Gasteiger partial charge on any atom is -0.508 e. The second kappa shape index (κ2) is 45.2. The number of primary amides is 3. The molecule has 3 fully saturated rings. The Balaban J connectivity index is 0.000000295. The van der Waals surface area contributed by atoms with Crippen molar-refractivity contribution in [1.29, 1.82) is 0 Å². The molecule has 7 aliphatic rings. The highest BCUT2D eigenvalue weighted by Crippen LogP contribution is 2.57. The summed E-state index contributed by atoms with van der Waals surface area (Å²) in [7, 11) is 3.01. The molecule has 8 rings (SSSR count). The van der Waals surface area contributed by atoms with Gasteiger partial charge in [-0.15, -0.1) is 0 Å². The minimum absolute atomic E-state index is 0.0101. The van der Waals surface area contributed by atoms with Crippen LogP contribution in [0.25, 0.3) is 5.76 Å². The van der Waals surface area contributed by atoms with Crippen LogP contribution in [0.4, 0.5) is 9.59 Å². The molecule has 3 aliphatic carbocycles. The number of carbonyl (C=O) groups excluding carboxylic acids is 17. The third-order valence-corrected chi connectivity index (χ3v) is 20.8. The van der Waals surface area contributed by atoms with E-state index in [2.05, 4.69) is 89.7 Å². The zero-order chi connectivity index (χ0) is 93.4. The van der Waals surface area contributed by atoms with Crippen molar-refractivity contribution in [2.75, 3.05) is 73.1 Å². The Morgan fingerprint density at radius 1 is 0.616 bits per heavy atom. The standard InChI is InChI=1S/C25H44N14O8.C25H44N14O7.C22H24N2O8/c26-4-1-2-11(27)6-17(41)32-8-14-20(43)35-15(9-34-25(30)47)21(44)39-18(13-3-5-31-24(29)38-13)23(46)33-7-12(28)19(42)37-16(10-40)22(45)36-14;1-11-19(41)36-15(9-32-17(40)7-12(27)3-2-5-26)21(43)37-16(10-34-25(30)46)22(44)39-18(14-4-6-31-24(29)38-14)23(45)33-8-13(28)20(42)35-11;1-21(31)8-5-4-6-11(25)12(8)16(26)13-9(21)7-10-15(24(2)3)17(27)14(20(23)30)19(29)22(10,32)18(13)28/h9,11-14,16,18,40H,1-8,10,26-28H2,(H,32,41)(H,33,46)(H,35,43)(H,36,45)(H,37,42)(H,39,44)(H3,29,31,38)(H3,30,34,47);10-15,18H,2-9,26-28H2,1H3,(H,32,40)(H,33,45)(H,35,42)(H,36,41)(H,37,43)(H,39,44)(H3,29,31,38)(H3,30,34,46);4-6,9-10,15,25-26,29,31-32H,7H2,1-3H3,(H2,23,30)/b15-9+;16-10+;/t11-,12-,13+,14-,16-,18-;11-,12-,13-,14+,15-,18-;9-,10-,15-,21+,22-/m000/s1. The third kappa shape index (κ3) is 26.4. The van der Waals surface area contributed by atoms with Crippen molar-refractivity contribution in [3.8, 4) is 5.75 Å². The summed E-state index contributed by atoms with van der Waals surface area (Å²) in [5.74, 6) is -18.6. The molecule has 1 saturated carbocycles. The van der Waals surface area contributed by atoms with E-state index >= 15 is 0 Å². The van der Waals surface area contributed by atoms with Gasteiger partial charge >= 0.3 is 12.1 Å². The summed E-state index contributed by atoms with van der Waals surface area (Å²) in [5.41, 5.74) is 54.7. The molecule has 0 spiro atoms. The number of guanidine groups is 2. The molecule has 1 aromatic rings. The molecular formula is C72H112N30O23. The molecule has 0 bridgehead atoms. The summed E-state index contributed by atoms with van der Waals surface area (Å²) in [6, 6.07) is -13.3. The van der Waals surface area contributed by atoms with Gasteiger partial charge in [-0.3, -0.25) is 86.8 Å². The van der Waals surface area contributed by atoms with Crippen molar-refractivity contribution < 1.29 is 112 Å². The Bertz CT molecular complexity index is 4500. The Hall–Kier alpha value is -13.3. The molecule has 0 radical (unpaired) electrons. The largest absolute Gasteiger partial charge is 0.508 e. The molecule has 4 heterocycles. The highest BCUT2D eigenvalue weighted by Gasteiger charge is 2.67. The first-order valence-electron chi connectivity index (χ1n) is 39.2. The molecule has 688 valence electrons. The highest BCUT2D eigenvalue weighted by molar-refractivity contribution is 6.24. The van der Waals surface area contributed by atoms with Crippen LogP contribution in [-0.4, -0.2) is 305 Å². The van der Waals surface area contributed by atoms with E-state index in [0.29, 0.717) is 38.8 Å². The number of fused-ring (bicyclic) bond motifs is 3. The van der Waals surface area contributed by atoms with Crippen LogP contribution in [0.1, 0.15) is 82.8 Å². The van der Waals surface area contributed by atoms with Crippen molar-refractivity contribution in [2.24, 2.45) is 84.9 Å². The number of nitrogens with two attached hydrogens (primary N) is 11. The predicted molar refractivity (Wildman–Crippen MR) is 438 cm³/mol. The fourth-order valence-corrected chi connectivity index (χ4v) is 14.1. The maximum atomic E-state index is 13.7. The van der Waals surface area contributed by atoms with Gasteiger partial charge in [0.1, 0.15) is 82.6 Å². The Morgan fingerprint density at radius 2 is 1.06 bits per heavy atom. The summed E-state index contributed by atoms with van der Waals surface area (Å²) in [6.07, 6.45) is 3.66. The summed E-state index contributed by atoms with van der Waals surface area (Å²) in [4.78, 5) is 228. The number of Topliss-reactive ketones (excluding diaryl/α,β-unsaturated/α-hetero) is 2. The summed E-state index contributed by atoms with van der Waals surface area (Å²) in [6.45, 7) is 1.12. The summed E-state index contributed by atoms with van der Waals surface area (Å²) in [5, 5.41) is 103. The number of likely N-dealkylation sites (N-methyl/N-ethyl adjacent to an activating group) is 1. The van der Waals surface area contributed by atoms with Gasteiger partial charge in [-0.25, -0.2) is 9.59 Å². The lowest BCUT2D eigenvalue weighted by Gasteiger charge is -2.53. The number of nitrogens with zero attached hydrogens (tertiary/aromatic N) is 3.